The van der Waals surface area contributed by atoms with E-state index in [4.69, 9.17) is 24.1 Å². The molecule has 3 aromatic carbocycles. The predicted molar refractivity (Wildman–Crippen MR) is 122 cm³/mol. The molecular formula is C26H28O6. The molecule has 0 aliphatic heterocycles. The van der Waals surface area contributed by atoms with Crippen LogP contribution in [0, 0.1) is 0 Å². The molecule has 0 saturated heterocycles. The molecule has 6 heteroatoms. The highest BCUT2D eigenvalue weighted by molar-refractivity contribution is 5.68. The van der Waals surface area contributed by atoms with Crippen molar-refractivity contribution in [3.63, 3.8) is 0 Å². The van der Waals surface area contributed by atoms with Crippen LogP contribution in [0.3, 0.4) is 0 Å². The van der Waals surface area contributed by atoms with Crippen LogP contribution in [0.25, 0.3) is 0 Å². The summed E-state index contributed by atoms with van der Waals surface area (Å²) in [7, 11) is 0. The Labute approximate surface area is 188 Å². The molecule has 32 heavy (non-hydrogen) atoms. The smallest absolute Gasteiger partial charge is 0.341 e. The number of benzene rings is 3. The van der Waals surface area contributed by atoms with Crippen LogP contribution in [-0.2, 0) is 11.2 Å². The molecule has 0 aliphatic rings. The van der Waals surface area contributed by atoms with Crippen LogP contribution in [-0.4, -0.2) is 30.9 Å². The van der Waals surface area contributed by atoms with Crippen LogP contribution in [0.1, 0.15) is 25.3 Å². The Hall–Kier alpha value is -3.67. The van der Waals surface area contributed by atoms with E-state index in [0.29, 0.717) is 24.7 Å². The highest BCUT2D eigenvalue weighted by Crippen LogP contribution is 2.29. The Balaban J connectivity index is 1.45. The van der Waals surface area contributed by atoms with Gasteiger partial charge >= 0.3 is 5.97 Å². The third-order valence-corrected chi connectivity index (χ3v) is 4.53. The molecule has 3 rings (SSSR count). The lowest BCUT2D eigenvalue weighted by Crippen LogP contribution is -2.09. The first-order valence-corrected chi connectivity index (χ1v) is 10.7. The van der Waals surface area contributed by atoms with E-state index >= 15 is 0 Å². The van der Waals surface area contributed by atoms with Crippen LogP contribution in [0.2, 0.25) is 0 Å². The van der Waals surface area contributed by atoms with Gasteiger partial charge in [0.05, 0.1) is 13.2 Å². The summed E-state index contributed by atoms with van der Waals surface area (Å²) in [6, 6.07) is 22.5. The molecule has 6 nitrogen and oxygen atoms in total. The van der Waals surface area contributed by atoms with E-state index in [0.717, 1.165) is 42.1 Å². The van der Waals surface area contributed by atoms with Crippen LogP contribution < -0.4 is 18.9 Å². The van der Waals surface area contributed by atoms with E-state index in [1.54, 1.807) is 24.3 Å². The molecule has 0 saturated carbocycles. The number of hydrogen-bond donors (Lipinski definition) is 1. The minimum absolute atomic E-state index is 0.364. The number of hydrogen-bond acceptors (Lipinski definition) is 5. The Morgan fingerprint density at radius 1 is 0.781 bits per heavy atom. The summed E-state index contributed by atoms with van der Waals surface area (Å²) >= 11 is 0. The van der Waals surface area contributed by atoms with Crippen molar-refractivity contribution >= 4 is 5.97 Å². The number of carboxylic acids is 1. The fourth-order valence-electron chi connectivity index (χ4n) is 3.06. The molecular weight excluding hydrogens is 408 g/mol. The van der Waals surface area contributed by atoms with Gasteiger partial charge in [0.2, 0.25) is 0 Å². The van der Waals surface area contributed by atoms with Gasteiger partial charge in [0, 0.05) is 6.42 Å². The highest BCUT2D eigenvalue weighted by Gasteiger charge is 2.07. The summed E-state index contributed by atoms with van der Waals surface area (Å²) in [5.74, 6) is 2.65. The quantitative estimate of drug-likeness (QED) is 0.344. The van der Waals surface area contributed by atoms with Crippen LogP contribution in [0.4, 0.5) is 0 Å². The Bertz CT molecular complexity index is 969. The molecule has 0 atom stereocenters. The largest absolute Gasteiger partial charge is 0.493 e. The summed E-state index contributed by atoms with van der Waals surface area (Å²) in [5.41, 5.74) is 1.12. The molecule has 0 spiro atoms. The van der Waals surface area contributed by atoms with E-state index < -0.39 is 5.97 Å². The van der Waals surface area contributed by atoms with Crippen molar-refractivity contribution in [1.82, 2.24) is 0 Å². The van der Waals surface area contributed by atoms with E-state index in [2.05, 4.69) is 6.92 Å². The standard InChI is InChI=1S/C26H28O6/c1-2-7-20-18-24(32-23-8-4-3-5-9-23)14-15-25(20)30-17-6-16-29-21-10-12-22(13-11-21)31-19-26(27)28/h3-5,8-15,18H,2,6-7,16-17,19H2,1H3,(H,27,28). The Kier molecular flexibility index (Phi) is 8.80. The second-order valence-corrected chi connectivity index (χ2v) is 7.14. The minimum Gasteiger partial charge on any atom is -0.493 e. The van der Waals surface area contributed by atoms with Gasteiger partial charge in [-0.05, 0) is 66.6 Å². The summed E-state index contributed by atoms with van der Waals surface area (Å²) in [6.07, 6.45) is 2.65. The second-order valence-electron chi connectivity index (χ2n) is 7.14. The van der Waals surface area contributed by atoms with Crippen LogP contribution >= 0.6 is 0 Å². The fourth-order valence-corrected chi connectivity index (χ4v) is 3.06. The van der Waals surface area contributed by atoms with Crippen molar-refractivity contribution in [3.8, 4) is 28.7 Å². The van der Waals surface area contributed by atoms with Gasteiger partial charge < -0.3 is 24.1 Å². The van der Waals surface area contributed by atoms with Gasteiger partial charge in [-0.15, -0.1) is 0 Å². The van der Waals surface area contributed by atoms with Gasteiger partial charge in [-0.3, -0.25) is 0 Å². The van der Waals surface area contributed by atoms with Gasteiger partial charge in [-0.1, -0.05) is 31.5 Å². The topological polar surface area (TPSA) is 74.2 Å². The number of carbonyl (C=O) groups is 1. The van der Waals surface area contributed by atoms with Crippen molar-refractivity contribution in [2.45, 2.75) is 26.2 Å². The molecule has 0 radical (unpaired) electrons. The van der Waals surface area contributed by atoms with Crippen molar-refractivity contribution in [2.75, 3.05) is 19.8 Å². The zero-order valence-electron chi connectivity index (χ0n) is 18.2. The van der Waals surface area contributed by atoms with Gasteiger partial charge in [0.1, 0.15) is 28.7 Å². The Morgan fingerprint density at radius 3 is 2.12 bits per heavy atom. The first kappa shape index (κ1) is 23.0. The van der Waals surface area contributed by atoms with E-state index in [-0.39, 0.29) is 6.61 Å². The molecule has 0 heterocycles. The Morgan fingerprint density at radius 2 is 1.44 bits per heavy atom. The minimum atomic E-state index is -1.01. The summed E-state index contributed by atoms with van der Waals surface area (Å²) in [4.78, 5) is 10.5. The average molecular weight is 437 g/mol. The second kappa shape index (κ2) is 12.2. The van der Waals surface area contributed by atoms with Gasteiger partial charge in [0.15, 0.2) is 6.61 Å². The normalized spacial score (nSPS) is 10.4. The van der Waals surface area contributed by atoms with Crippen molar-refractivity contribution in [3.05, 3.63) is 78.4 Å². The predicted octanol–water partition coefficient (Wildman–Crippen LogP) is 5.74. The SMILES string of the molecule is CCCc1cc(Oc2ccccc2)ccc1OCCCOc1ccc(OCC(=O)O)cc1. The molecule has 1 N–H and O–H groups in total. The monoisotopic (exact) mass is 436 g/mol. The van der Waals surface area contributed by atoms with Crippen molar-refractivity contribution in [2.24, 2.45) is 0 Å². The van der Waals surface area contributed by atoms with E-state index in [1.165, 1.54) is 0 Å². The van der Waals surface area contributed by atoms with E-state index in [9.17, 15) is 4.79 Å². The van der Waals surface area contributed by atoms with Crippen LogP contribution in [0.5, 0.6) is 28.7 Å². The van der Waals surface area contributed by atoms with Crippen LogP contribution in [0.15, 0.2) is 72.8 Å². The highest BCUT2D eigenvalue weighted by atomic mass is 16.5. The molecule has 0 fully saturated rings. The lowest BCUT2D eigenvalue weighted by Gasteiger charge is -2.14. The number of carboxylic acid groups (broad SMARTS) is 1. The molecule has 3 aromatic rings. The molecule has 0 bridgehead atoms. The lowest BCUT2D eigenvalue weighted by atomic mass is 10.1. The number of rotatable bonds is 13. The molecule has 0 unspecified atom stereocenters. The summed E-state index contributed by atoms with van der Waals surface area (Å²) in [6.45, 7) is 2.82. The van der Waals surface area contributed by atoms with Gasteiger partial charge in [-0.2, -0.15) is 0 Å². The first-order chi connectivity index (χ1) is 15.6. The first-order valence-electron chi connectivity index (χ1n) is 10.7. The maximum Gasteiger partial charge on any atom is 0.341 e. The maximum absolute atomic E-state index is 10.5. The number of aryl methyl sites for hydroxylation is 1. The number of para-hydroxylation sites is 1. The van der Waals surface area contributed by atoms with E-state index in [1.807, 2.05) is 48.5 Å². The third kappa shape index (κ3) is 7.54. The third-order valence-electron chi connectivity index (χ3n) is 4.53. The lowest BCUT2D eigenvalue weighted by molar-refractivity contribution is -0.139. The molecule has 168 valence electrons. The van der Waals surface area contributed by atoms with Crippen molar-refractivity contribution in [1.29, 1.82) is 0 Å². The zero-order chi connectivity index (χ0) is 22.6. The number of ether oxygens (including phenoxy) is 4. The summed E-state index contributed by atoms with van der Waals surface area (Å²) in [5, 5.41) is 8.63. The van der Waals surface area contributed by atoms with Gasteiger partial charge in [0.25, 0.3) is 0 Å². The van der Waals surface area contributed by atoms with Gasteiger partial charge in [-0.25, -0.2) is 4.79 Å². The zero-order valence-corrected chi connectivity index (χ0v) is 18.2. The molecule has 0 amide bonds. The van der Waals surface area contributed by atoms with Crippen molar-refractivity contribution < 1.29 is 28.8 Å². The average Bonchev–Trinajstić information content (AvgIpc) is 2.80. The fraction of sp³-hybridized carbons (Fsp3) is 0.269. The molecule has 0 aromatic heterocycles. The maximum atomic E-state index is 10.5. The number of aliphatic carboxylic acids is 1. The summed E-state index contributed by atoms with van der Waals surface area (Å²) < 4.78 is 22.7. The molecule has 0 aliphatic carbocycles.